The number of aromatic nitrogens is 2. The lowest BCUT2D eigenvalue weighted by molar-refractivity contribution is 0.190. The first-order chi connectivity index (χ1) is 12.7. The average Bonchev–Trinajstić information content (AvgIpc) is 3.31. The maximum Gasteiger partial charge on any atom is 0.193 e. The number of guanidine groups is 1. The molecule has 2 fully saturated rings. The minimum absolute atomic E-state index is 0.569. The number of likely N-dealkylation sites (tertiary alicyclic amines) is 1. The van der Waals surface area contributed by atoms with E-state index in [1.165, 1.54) is 57.1 Å². The largest absolute Gasteiger partial charge is 0.356 e. The Morgan fingerprint density at radius 1 is 1.31 bits per heavy atom. The summed E-state index contributed by atoms with van der Waals surface area (Å²) in [7, 11) is 6.18. The Labute approximate surface area is 158 Å². The van der Waals surface area contributed by atoms with Gasteiger partial charge in [-0.25, -0.2) is 0 Å². The summed E-state index contributed by atoms with van der Waals surface area (Å²) in [5.74, 6) is 1.62. The van der Waals surface area contributed by atoms with Crippen molar-refractivity contribution in [1.29, 1.82) is 0 Å². The second kappa shape index (κ2) is 9.40. The molecule has 1 aliphatic heterocycles. The van der Waals surface area contributed by atoms with Crippen molar-refractivity contribution in [3.63, 3.8) is 0 Å². The van der Waals surface area contributed by atoms with Crippen LogP contribution >= 0.6 is 0 Å². The summed E-state index contributed by atoms with van der Waals surface area (Å²) < 4.78 is 1.90. The Morgan fingerprint density at radius 2 is 2.12 bits per heavy atom. The minimum atomic E-state index is 0.569. The topological polar surface area (TPSA) is 48.7 Å². The van der Waals surface area contributed by atoms with Crippen LogP contribution in [0.1, 0.15) is 56.4 Å². The van der Waals surface area contributed by atoms with Crippen LogP contribution < -0.4 is 5.32 Å². The predicted octanol–water partition coefficient (Wildman–Crippen LogP) is 2.44. The maximum atomic E-state index is 4.51. The second-order valence-corrected chi connectivity index (χ2v) is 7.98. The van der Waals surface area contributed by atoms with Gasteiger partial charge >= 0.3 is 0 Å². The molecule has 0 amide bonds. The molecular formula is C20H36N6. The van der Waals surface area contributed by atoms with E-state index in [0.717, 1.165) is 31.6 Å². The summed E-state index contributed by atoms with van der Waals surface area (Å²) >= 11 is 0. The standard InChI is InChI=1S/C20H36N6/c1-21-20(22-11-7-12-24(2)19-8-5-4-6-9-19)26-13-10-17(16-26)18-14-23-25(3)15-18/h14-15,17,19H,4-13,16H2,1-3H3,(H,21,22). The maximum absolute atomic E-state index is 4.51. The van der Waals surface area contributed by atoms with Crippen molar-refractivity contribution in [3.05, 3.63) is 18.0 Å². The Hall–Kier alpha value is -1.56. The molecule has 1 aromatic rings. The third-order valence-electron chi connectivity index (χ3n) is 6.06. The molecule has 0 bridgehead atoms. The minimum Gasteiger partial charge on any atom is -0.356 e. The first-order valence-electron chi connectivity index (χ1n) is 10.3. The Morgan fingerprint density at radius 3 is 2.81 bits per heavy atom. The zero-order chi connectivity index (χ0) is 18.4. The van der Waals surface area contributed by atoms with Crippen LogP contribution in [0, 0.1) is 0 Å². The van der Waals surface area contributed by atoms with Crippen molar-refractivity contribution in [1.82, 2.24) is 24.9 Å². The number of aryl methyl sites for hydroxylation is 1. The Kier molecular flexibility index (Phi) is 6.94. The van der Waals surface area contributed by atoms with E-state index in [4.69, 9.17) is 0 Å². The van der Waals surface area contributed by atoms with Gasteiger partial charge in [-0.2, -0.15) is 5.10 Å². The van der Waals surface area contributed by atoms with Crippen LogP contribution in [0.5, 0.6) is 0 Å². The molecule has 1 saturated carbocycles. The molecule has 1 unspecified atom stereocenters. The Bertz CT molecular complexity index is 575. The van der Waals surface area contributed by atoms with Crippen LogP contribution in [-0.2, 0) is 7.05 Å². The summed E-state index contributed by atoms with van der Waals surface area (Å²) in [5.41, 5.74) is 1.35. The zero-order valence-corrected chi connectivity index (χ0v) is 16.8. The summed E-state index contributed by atoms with van der Waals surface area (Å²) in [6.07, 6.45) is 13.5. The normalized spacial score (nSPS) is 22.4. The highest BCUT2D eigenvalue weighted by Gasteiger charge is 2.26. The highest BCUT2D eigenvalue weighted by atomic mass is 15.3. The van der Waals surface area contributed by atoms with E-state index in [2.05, 4.69) is 38.5 Å². The monoisotopic (exact) mass is 360 g/mol. The molecule has 3 rings (SSSR count). The molecule has 1 aromatic heterocycles. The lowest BCUT2D eigenvalue weighted by Crippen LogP contribution is -2.41. The molecule has 1 atom stereocenters. The van der Waals surface area contributed by atoms with E-state index in [-0.39, 0.29) is 0 Å². The number of nitrogens with one attached hydrogen (secondary N) is 1. The fraction of sp³-hybridized carbons (Fsp3) is 0.800. The van der Waals surface area contributed by atoms with Gasteiger partial charge in [0.2, 0.25) is 0 Å². The SMILES string of the molecule is CN=C(NCCCN(C)C1CCCCC1)N1CCC(c2cnn(C)c2)C1. The van der Waals surface area contributed by atoms with E-state index >= 15 is 0 Å². The van der Waals surface area contributed by atoms with Crippen LogP contribution in [0.25, 0.3) is 0 Å². The van der Waals surface area contributed by atoms with Gasteiger partial charge in [0, 0.05) is 51.9 Å². The number of hydrogen-bond donors (Lipinski definition) is 1. The van der Waals surface area contributed by atoms with Crippen molar-refractivity contribution < 1.29 is 0 Å². The molecule has 2 heterocycles. The quantitative estimate of drug-likeness (QED) is 0.481. The van der Waals surface area contributed by atoms with Crippen LogP contribution in [0.3, 0.4) is 0 Å². The number of aliphatic imine (C=N–C) groups is 1. The molecule has 0 aromatic carbocycles. The molecule has 146 valence electrons. The van der Waals surface area contributed by atoms with Gasteiger partial charge in [-0.1, -0.05) is 19.3 Å². The highest BCUT2D eigenvalue weighted by Crippen LogP contribution is 2.26. The van der Waals surface area contributed by atoms with Gasteiger partial charge in [-0.15, -0.1) is 0 Å². The smallest absolute Gasteiger partial charge is 0.193 e. The molecule has 6 nitrogen and oxygen atoms in total. The second-order valence-electron chi connectivity index (χ2n) is 7.98. The van der Waals surface area contributed by atoms with Crippen LogP contribution in [-0.4, -0.2) is 71.9 Å². The van der Waals surface area contributed by atoms with Crippen molar-refractivity contribution in [3.8, 4) is 0 Å². The van der Waals surface area contributed by atoms with Gasteiger partial charge in [0.05, 0.1) is 6.20 Å². The van der Waals surface area contributed by atoms with Gasteiger partial charge in [-0.05, 0) is 44.8 Å². The third kappa shape index (κ3) is 5.00. The van der Waals surface area contributed by atoms with Gasteiger partial charge < -0.3 is 15.1 Å². The summed E-state index contributed by atoms with van der Waals surface area (Å²) in [6, 6.07) is 0.807. The van der Waals surface area contributed by atoms with Gasteiger partial charge in [-0.3, -0.25) is 9.67 Å². The summed E-state index contributed by atoms with van der Waals surface area (Å²) in [6.45, 7) is 4.28. The van der Waals surface area contributed by atoms with Gasteiger partial charge in [0.15, 0.2) is 5.96 Å². The average molecular weight is 361 g/mol. The molecule has 2 aliphatic rings. The van der Waals surface area contributed by atoms with Crippen LogP contribution in [0.2, 0.25) is 0 Å². The molecule has 6 heteroatoms. The molecule has 26 heavy (non-hydrogen) atoms. The first-order valence-corrected chi connectivity index (χ1v) is 10.3. The lowest BCUT2D eigenvalue weighted by Gasteiger charge is -2.31. The van der Waals surface area contributed by atoms with E-state index in [1.54, 1.807) is 0 Å². The predicted molar refractivity (Wildman–Crippen MR) is 108 cm³/mol. The third-order valence-corrected chi connectivity index (χ3v) is 6.06. The molecule has 1 N–H and O–H groups in total. The lowest BCUT2D eigenvalue weighted by atomic mass is 9.94. The van der Waals surface area contributed by atoms with E-state index in [0.29, 0.717) is 5.92 Å². The first kappa shape index (κ1) is 19.2. The van der Waals surface area contributed by atoms with E-state index in [9.17, 15) is 0 Å². The van der Waals surface area contributed by atoms with Crippen molar-refractivity contribution in [2.24, 2.45) is 12.0 Å². The van der Waals surface area contributed by atoms with Crippen LogP contribution in [0.4, 0.5) is 0 Å². The van der Waals surface area contributed by atoms with Crippen molar-refractivity contribution >= 4 is 5.96 Å². The van der Waals surface area contributed by atoms with E-state index < -0.39 is 0 Å². The number of nitrogens with zero attached hydrogens (tertiary/aromatic N) is 5. The van der Waals surface area contributed by atoms with Gasteiger partial charge in [0.25, 0.3) is 0 Å². The Balaban J connectivity index is 1.38. The molecule has 0 spiro atoms. The van der Waals surface area contributed by atoms with Crippen molar-refractivity contribution in [2.45, 2.75) is 56.9 Å². The summed E-state index contributed by atoms with van der Waals surface area (Å²) in [5, 5.41) is 7.89. The van der Waals surface area contributed by atoms with Crippen LogP contribution in [0.15, 0.2) is 17.4 Å². The van der Waals surface area contributed by atoms with E-state index in [1.807, 2.05) is 25.0 Å². The highest BCUT2D eigenvalue weighted by molar-refractivity contribution is 5.80. The fourth-order valence-electron chi connectivity index (χ4n) is 4.44. The molecular weight excluding hydrogens is 324 g/mol. The molecule has 1 aliphatic carbocycles. The fourth-order valence-corrected chi connectivity index (χ4v) is 4.44. The number of rotatable bonds is 6. The molecule has 0 radical (unpaired) electrons. The number of hydrogen-bond acceptors (Lipinski definition) is 3. The zero-order valence-electron chi connectivity index (χ0n) is 16.8. The van der Waals surface area contributed by atoms with Crippen molar-refractivity contribution in [2.75, 3.05) is 40.3 Å². The molecule has 1 saturated heterocycles. The van der Waals surface area contributed by atoms with Gasteiger partial charge in [0.1, 0.15) is 0 Å². The summed E-state index contributed by atoms with van der Waals surface area (Å²) in [4.78, 5) is 9.47.